The first-order chi connectivity index (χ1) is 17.4. The van der Waals surface area contributed by atoms with Gasteiger partial charge in [0.25, 0.3) is 5.78 Å². The van der Waals surface area contributed by atoms with Crippen LogP contribution in [0, 0.1) is 6.92 Å². The Morgan fingerprint density at radius 1 is 1.03 bits per heavy atom. The van der Waals surface area contributed by atoms with Crippen LogP contribution in [0.4, 0.5) is 5.13 Å². The minimum atomic E-state index is -0.857. The smallest absolute Gasteiger partial charge is 0.301 e. The van der Waals surface area contributed by atoms with Gasteiger partial charge in [-0.15, -0.1) is 0 Å². The van der Waals surface area contributed by atoms with Crippen molar-refractivity contribution in [3.8, 4) is 11.5 Å². The van der Waals surface area contributed by atoms with Crippen molar-refractivity contribution in [1.82, 2.24) is 4.98 Å². The summed E-state index contributed by atoms with van der Waals surface area (Å²) in [5.41, 5.74) is 2.88. The zero-order chi connectivity index (χ0) is 25.4. The number of methoxy groups -OCH3 is 1. The van der Waals surface area contributed by atoms with Crippen LogP contribution in [0.3, 0.4) is 0 Å². The largest absolute Gasteiger partial charge is 0.507 e. The number of thiazole rings is 1. The number of anilines is 1. The number of hydrogen-bond donors (Lipinski definition) is 1. The molecule has 0 spiro atoms. The molecule has 182 valence electrons. The molecular weight excluding hydrogens is 476 g/mol. The normalized spacial score (nSPS) is 17.1. The number of nitrogens with zero attached hydrogens (tertiary/aromatic N) is 2. The summed E-state index contributed by atoms with van der Waals surface area (Å²) in [6.45, 7) is 4.38. The van der Waals surface area contributed by atoms with Gasteiger partial charge in [0.05, 0.1) is 35.5 Å². The lowest BCUT2D eigenvalue weighted by Gasteiger charge is -2.23. The predicted octanol–water partition coefficient (Wildman–Crippen LogP) is 5.64. The number of aliphatic hydroxyl groups is 1. The summed E-state index contributed by atoms with van der Waals surface area (Å²) in [6.07, 6.45) is 0. The summed E-state index contributed by atoms with van der Waals surface area (Å²) in [5.74, 6) is -0.475. The first-order valence-electron chi connectivity index (χ1n) is 11.5. The molecule has 36 heavy (non-hydrogen) atoms. The molecule has 1 fully saturated rings. The number of aromatic nitrogens is 1. The fourth-order valence-corrected chi connectivity index (χ4v) is 5.38. The molecule has 1 atom stereocenters. The highest BCUT2D eigenvalue weighted by Gasteiger charge is 2.48. The number of fused-ring (bicyclic) bond motifs is 1. The standard InChI is InChI=1S/C28H24N2O5S/c1-4-35-20-12-8-18(9-13-20)25(31)23-24(17-6-10-19(34-3)11-7-17)30(27(33)26(23)32)28-29-21-14-5-16(2)15-22(21)36-28/h5-15,24,31H,4H2,1-3H3/b25-23+/t24-/m0/s1. The summed E-state index contributed by atoms with van der Waals surface area (Å²) in [4.78, 5) is 32.8. The Hall–Kier alpha value is -4.17. The summed E-state index contributed by atoms with van der Waals surface area (Å²) in [7, 11) is 1.57. The van der Waals surface area contributed by atoms with E-state index in [9.17, 15) is 14.7 Å². The molecular formula is C28H24N2O5S. The highest BCUT2D eigenvalue weighted by molar-refractivity contribution is 7.22. The van der Waals surface area contributed by atoms with Crippen molar-refractivity contribution in [1.29, 1.82) is 0 Å². The van der Waals surface area contributed by atoms with E-state index in [0.29, 0.717) is 34.4 Å². The number of ketones is 1. The first-order valence-corrected chi connectivity index (χ1v) is 12.3. The Bertz CT molecular complexity index is 1490. The summed E-state index contributed by atoms with van der Waals surface area (Å²) in [5, 5.41) is 11.7. The van der Waals surface area contributed by atoms with Crippen LogP contribution < -0.4 is 14.4 Å². The number of hydrogen-bond acceptors (Lipinski definition) is 7. The molecule has 3 aromatic carbocycles. The lowest BCUT2D eigenvalue weighted by molar-refractivity contribution is -0.132. The van der Waals surface area contributed by atoms with Gasteiger partial charge in [0.15, 0.2) is 5.13 Å². The van der Waals surface area contributed by atoms with Crippen LogP contribution in [0.15, 0.2) is 72.3 Å². The number of aryl methyl sites for hydroxylation is 1. The molecule has 8 heteroatoms. The van der Waals surface area contributed by atoms with Crippen molar-refractivity contribution in [3.63, 3.8) is 0 Å². The zero-order valence-corrected chi connectivity index (χ0v) is 20.8. The van der Waals surface area contributed by atoms with E-state index in [-0.39, 0.29) is 11.3 Å². The van der Waals surface area contributed by atoms with Crippen LogP contribution in [0.2, 0.25) is 0 Å². The molecule has 2 heterocycles. The zero-order valence-electron chi connectivity index (χ0n) is 20.0. The number of carbonyl (C=O) groups excluding carboxylic acids is 2. The molecule has 1 aromatic heterocycles. The Balaban J connectivity index is 1.68. The topological polar surface area (TPSA) is 89.0 Å². The summed E-state index contributed by atoms with van der Waals surface area (Å²) >= 11 is 1.33. The summed E-state index contributed by atoms with van der Waals surface area (Å²) in [6, 6.07) is 18.8. The van der Waals surface area contributed by atoms with Crippen LogP contribution in [0.25, 0.3) is 16.0 Å². The van der Waals surface area contributed by atoms with E-state index in [1.165, 1.54) is 16.2 Å². The lowest BCUT2D eigenvalue weighted by Crippen LogP contribution is -2.29. The van der Waals surface area contributed by atoms with Gasteiger partial charge in [-0.2, -0.15) is 0 Å². The van der Waals surface area contributed by atoms with Crippen molar-refractivity contribution >= 4 is 44.1 Å². The van der Waals surface area contributed by atoms with Crippen molar-refractivity contribution in [2.24, 2.45) is 0 Å². The first kappa shape index (κ1) is 23.6. The number of ether oxygens (including phenoxy) is 2. The van der Waals surface area contributed by atoms with E-state index in [0.717, 1.165) is 15.8 Å². The molecule has 0 unspecified atom stereocenters. The predicted molar refractivity (Wildman–Crippen MR) is 140 cm³/mol. The molecule has 5 rings (SSSR count). The Labute approximate surface area is 212 Å². The van der Waals surface area contributed by atoms with Gasteiger partial charge < -0.3 is 14.6 Å². The van der Waals surface area contributed by atoms with Crippen LogP contribution in [0.5, 0.6) is 11.5 Å². The van der Waals surface area contributed by atoms with Gasteiger partial charge in [-0.25, -0.2) is 4.98 Å². The highest BCUT2D eigenvalue weighted by atomic mass is 32.1. The van der Waals surface area contributed by atoms with Crippen molar-refractivity contribution in [2.75, 3.05) is 18.6 Å². The van der Waals surface area contributed by atoms with E-state index < -0.39 is 17.7 Å². The van der Waals surface area contributed by atoms with E-state index in [4.69, 9.17) is 9.47 Å². The molecule has 4 aromatic rings. The van der Waals surface area contributed by atoms with Crippen molar-refractivity contribution < 1.29 is 24.2 Å². The number of benzene rings is 3. The second kappa shape index (κ2) is 9.47. The van der Waals surface area contributed by atoms with Crippen LogP contribution in [0.1, 0.15) is 29.7 Å². The molecule has 1 saturated heterocycles. The minimum Gasteiger partial charge on any atom is -0.507 e. The molecule has 7 nitrogen and oxygen atoms in total. The number of aliphatic hydroxyl groups excluding tert-OH is 1. The number of amides is 1. The monoisotopic (exact) mass is 500 g/mol. The van der Waals surface area contributed by atoms with Crippen LogP contribution >= 0.6 is 11.3 Å². The van der Waals surface area contributed by atoms with Gasteiger partial charge in [0.1, 0.15) is 17.3 Å². The Morgan fingerprint density at radius 2 is 1.72 bits per heavy atom. The van der Waals surface area contributed by atoms with E-state index in [2.05, 4.69) is 4.98 Å². The van der Waals surface area contributed by atoms with Gasteiger partial charge in [0, 0.05) is 5.56 Å². The maximum absolute atomic E-state index is 13.4. The van der Waals surface area contributed by atoms with E-state index in [1.54, 1.807) is 55.6 Å². The van der Waals surface area contributed by atoms with Gasteiger partial charge in [0.2, 0.25) is 0 Å². The average Bonchev–Trinajstić information content (AvgIpc) is 3.42. The van der Waals surface area contributed by atoms with Gasteiger partial charge in [-0.05, 0) is 73.5 Å². The summed E-state index contributed by atoms with van der Waals surface area (Å²) < 4.78 is 11.7. The van der Waals surface area contributed by atoms with Gasteiger partial charge in [-0.1, -0.05) is 29.5 Å². The van der Waals surface area contributed by atoms with Crippen molar-refractivity contribution in [3.05, 3.63) is 89.0 Å². The lowest BCUT2D eigenvalue weighted by atomic mass is 9.95. The van der Waals surface area contributed by atoms with Gasteiger partial charge in [-0.3, -0.25) is 14.5 Å². The second-order valence-electron chi connectivity index (χ2n) is 8.37. The molecule has 0 aliphatic carbocycles. The van der Waals surface area contributed by atoms with Gasteiger partial charge >= 0.3 is 5.91 Å². The molecule has 1 aliphatic heterocycles. The quantitative estimate of drug-likeness (QED) is 0.209. The number of rotatable bonds is 6. The minimum absolute atomic E-state index is 0.00441. The van der Waals surface area contributed by atoms with Crippen LogP contribution in [-0.4, -0.2) is 35.5 Å². The maximum atomic E-state index is 13.4. The molecule has 0 saturated carbocycles. The highest BCUT2D eigenvalue weighted by Crippen LogP contribution is 2.44. The maximum Gasteiger partial charge on any atom is 0.301 e. The molecule has 1 N–H and O–H groups in total. The van der Waals surface area contributed by atoms with E-state index >= 15 is 0 Å². The molecule has 1 amide bonds. The Kier molecular flexibility index (Phi) is 6.20. The fraction of sp³-hybridized carbons (Fsp3) is 0.179. The molecule has 0 radical (unpaired) electrons. The number of Topliss-reactive ketones (excluding diaryl/α,β-unsaturated/α-hetero) is 1. The second-order valence-corrected chi connectivity index (χ2v) is 9.38. The average molecular weight is 501 g/mol. The van der Waals surface area contributed by atoms with Crippen LogP contribution in [-0.2, 0) is 9.59 Å². The molecule has 1 aliphatic rings. The third-order valence-electron chi connectivity index (χ3n) is 6.05. The molecule has 0 bridgehead atoms. The number of carbonyl (C=O) groups is 2. The third-order valence-corrected chi connectivity index (χ3v) is 7.07. The Morgan fingerprint density at radius 3 is 2.39 bits per heavy atom. The van der Waals surface area contributed by atoms with E-state index in [1.807, 2.05) is 32.0 Å². The SMILES string of the molecule is CCOc1ccc(/C(O)=C2\C(=O)C(=O)N(c3nc4ccc(C)cc4s3)[C@H]2c2ccc(OC)cc2)cc1. The van der Waals surface area contributed by atoms with Crippen molar-refractivity contribution in [2.45, 2.75) is 19.9 Å². The third kappa shape index (κ3) is 4.09. The fourth-order valence-electron chi connectivity index (χ4n) is 4.29.